The number of ether oxygens (including phenoxy) is 1. The molecule has 0 N–H and O–H groups in total. The van der Waals surface area contributed by atoms with Crippen molar-refractivity contribution >= 4 is 5.69 Å². The molecular formula is C22H31N5O. The Kier molecular flexibility index (Phi) is 7.68. The number of pyridine rings is 1. The lowest BCUT2D eigenvalue weighted by atomic mass is 10.1. The molecule has 6 heteroatoms. The second-order valence-corrected chi connectivity index (χ2v) is 7.74. The van der Waals surface area contributed by atoms with E-state index in [-0.39, 0.29) is 6.10 Å². The fourth-order valence-corrected chi connectivity index (χ4v) is 3.82. The van der Waals surface area contributed by atoms with Crippen molar-refractivity contribution in [2.45, 2.75) is 38.8 Å². The van der Waals surface area contributed by atoms with Crippen LogP contribution in [0.1, 0.15) is 32.4 Å². The molecule has 0 bridgehead atoms. The first-order valence-corrected chi connectivity index (χ1v) is 10.3. The van der Waals surface area contributed by atoms with Gasteiger partial charge in [-0.3, -0.25) is 9.80 Å². The van der Waals surface area contributed by atoms with Crippen LogP contribution < -0.4 is 4.90 Å². The molecule has 0 spiro atoms. The van der Waals surface area contributed by atoms with Crippen LogP contribution in [0.5, 0.6) is 0 Å². The molecule has 2 fully saturated rings. The largest absolute Gasteiger partial charge is 0.369 e. The number of nitrogens with zero attached hydrogens (tertiary/aromatic N) is 5. The van der Waals surface area contributed by atoms with Gasteiger partial charge in [-0.2, -0.15) is 5.26 Å². The molecule has 0 aromatic carbocycles. The summed E-state index contributed by atoms with van der Waals surface area (Å²) in [5.41, 5.74) is 1.43. The molecule has 1 aromatic rings. The Balaban J connectivity index is 1.33. The monoisotopic (exact) mass is 381 g/mol. The maximum atomic E-state index is 9.21. The van der Waals surface area contributed by atoms with Gasteiger partial charge in [0.25, 0.3) is 0 Å². The van der Waals surface area contributed by atoms with Gasteiger partial charge in [0.05, 0.1) is 18.3 Å². The Morgan fingerprint density at radius 3 is 2.57 bits per heavy atom. The maximum absolute atomic E-state index is 9.21. The second kappa shape index (κ2) is 10.4. The van der Waals surface area contributed by atoms with E-state index in [1.165, 1.54) is 0 Å². The molecule has 150 valence electrons. The van der Waals surface area contributed by atoms with E-state index in [9.17, 15) is 5.26 Å². The minimum Gasteiger partial charge on any atom is -0.369 e. The first-order chi connectivity index (χ1) is 13.7. The van der Waals surface area contributed by atoms with Crippen molar-refractivity contribution in [3.05, 3.63) is 24.0 Å². The Hall–Kier alpha value is -2.12. The molecule has 3 rings (SSSR count). The standard InChI is InChI=1S/C22H31N5O/c1-19(2)26-15-13-25(14-16-26)10-3-4-17-28-20-7-11-27(12-8-20)22-6-5-9-24-21(22)18-23/h5-6,9,19-20H,7-8,10-17H2,1-2H3. The summed E-state index contributed by atoms with van der Waals surface area (Å²) in [6.07, 6.45) is 3.83. The van der Waals surface area contributed by atoms with Crippen LogP contribution in [0.3, 0.4) is 0 Å². The van der Waals surface area contributed by atoms with E-state index in [1.807, 2.05) is 12.1 Å². The van der Waals surface area contributed by atoms with Gasteiger partial charge in [0.15, 0.2) is 5.69 Å². The van der Waals surface area contributed by atoms with Crippen molar-refractivity contribution in [3.63, 3.8) is 0 Å². The molecule has 3 heterocycles. The van der Waals surface area contributed by atoms with Crippen molar-refractivity contribution in [2.75, 3.05) is 57.3 Å². The molecule has 28 heavy (non-hydrogen) atoms. The molecule has 2 aliphatic heterocycles. The number of nitriles is 1. The third-order valence-corrected chi connectivity index (χ3v) is 5.63. The molecule has 0 saturated carbocycles. The third kappa shape index (κ3) is 5.69. The smallest absolute Gasteiger partial charge is 0.163 e. The van der Waals surface area contributed by atoms with Crippen LogP contribution in [0.15, 0.2) is 18.3 Å². The van der Waals surface area contributed by atoms with Gasteiger partial charge in [0, 0.05) is 51.5 Å². The number of anilines is 1. The number of hydrogen-bond acceptors (Lipinski definition) is 6. The summed E-state index contributed by atoms with van der Waals surface area (Å²) in [7, 11) is 0. The highest BCUT2D eigenvalue weighted by atomic mass is 16.5. The predicted octanol–water partition coefficient (Wildman–Crippen LogP) is 1.97. The van der Waals surface area contributed by atoms with Crippen molar-refractivity contribution < 1.29 is 4.74 Å². The summed E-state index contributed by atoms with van der Waals surface area (Å²) in [4.78, 5) is 11.3. The van der Waals surface area contributed by atoms with Crippen LogP contribution in [-0.4, -0.2) is 79.3 Å². The van der Waals surface area contributed by atoms with Crippen LogP contribution in [0, 0.1) is 23.2 Å². The summed E-state index contributed by atoms with van der Waals surface area (Å²) >= 11 is 0. The summed E-state index contributed by atoms with van der Waals surface area (Å²) in [5.74, 6) is 6.45. The lowest BCUT2D eigenvalue weighted by Gasteiger charge is -2.36. The average Bonchev–Trinajstić information content (AvgIpc) is 2.74. The average molecular weight is 382 g/mol. The van der Waals surface area contributed by atoms with Gasteiger partial charge in [-0.25, -0.2) is 4.98 Å². The molecule has 2 saturated heterocycles. The third-order valence-electron chi connectivity index (χ3n) is 5.63. The second-order valence-electron chi connectivity index (χ2n) is 7.74. The first kappa shape index (κ1) is 20.6. The van der Waals surface area contributed by atoms with Crippen molar-refractivity contribution in [3.8, 4) is 17.9 Å². The maximum Gasteiger partial charge on any atom is 0.163 e. The van der Waals surface area contributed by atoms with E-state index >= 15 is 0 Å². The molecule has 2 aliphatic rings. The van der Waals surface area contributed by atoms with Crippen LogP contribution >= 0.6 is 0 Å². The zero-order valence-electron chi connectivity index (χ0n) is 17.1. The van der Waals surface area contributed by atoms with Crippen LogP contribution in [0.25, 0.3) is 0 Å². The van der Waals surface area contributed by atoms with Crippen molar-refractivity contribution in [1.82, 2.24) is 14.8 Å². The Bertz CT molecular complexity index is 716. The minimum atomic E-state index is 0.252. The highest BCUT2D eigenvalue weighted by Crippen LogP contribution is 2.23. The summed E-state index contributed by atoms with van der Waals surface area (Å²) in [5, 5.41) is 9.21. The number of rotatable bonds is 5. The van der Waals surface area contributed by atoms with E-state index in [0.717, 1.165) is 64.3 Å². The van der Waals surface area contributed by atoms with E-state index < -0.39 is 0 Å². The Morgan fingerprint density at radius 2 is 1.89 bits per heavy atom. The molecule has 6 nitrogen and oxygen atoms in total. The lowest BCUT2D eigenvalue weighted by molar-refractivity contribution is 0.0594. The topological polar surface area (TPSA) is 55.6 Å². The Labute approximate surface area is 169 Å². The first-order valence-electron chi connectivity index (χ1n) is 10.3. The molecule has 0 amide bonds. The predicted molar refractivity (Wildman–Crippen MR) is 111 cm³/mol. The van der Waals surface area contributed by atoms with E-state index in [4.69, 9.17) is 4.74 Å². The van der Waals surface area contributed by atoms with E-state index in [2.05, 4.69) is 51.4 Å². The normalized spacial score (nSPS) is 19.3. The zero-order chi connectivity index (χ0) is 19.8. The fourth-order valence-electron chi connectivity index (χ4n) is 3.82. The highest BCUT2D eigenvalue weighted by molar-refractivity contribution is 5.55. The van der Waals surface area contributed by atoms with Gasteiger partial charge >= 0.3 is 0 Å². The van der Waals surface area contributed by atoms with Gasteiger partial charge in [-0.1, -0.05) is 11.8 Å². The van der Waals surface area contributed by atoms with Crippen LogP contribution in [0.4, 0.5) is 5.69 Å². The van der Waals surface area contributed by atoms with Gasteiger partial charge in [-0.05, 0) is 38.8 Å². The molecule has 0 unspecified atom stereocenters. The van der Waals surface area contributed by atoms with Gasteiger partial charge in [-0.15, -0.1) is 0 Å². The number of piperidine rings is 1. The van der Waals surface area contributed by atoms with Crippen LogP contribution in [0.2, 0.25) is 0 Å². The number of aromatic nitrogens is 1. The summed E-state index contributed by atoms with van der Waals surface area (Å²) in [6.45, 7) is 12.1. The SMILES string of the molecule is CC(C)N1CCN(CC#CCOC2CCN(c3cccnc3C#N)CC2)CC1. The molecule has 1 aromatic heterocycles. The van der Waals surface area contributed by atoms with Gasteiger partial charge in [0.2, 0.25) is 0 Å². The summed E-state index contributed by atoms with van der Waals surface area (Å²) < 4.78 is 5.95. The molecule has 0 radical (unpaired) electrons. The quantitative estimate of drug-likeness (QED) is 0.727. The highest BCUT2D eigenvalue weighted by Gasteiger charge is 2.21. The summed E-state index contributed by atoms with van der Waals surface area (Å²) in [6, 6.07) is 6.67. The molecule has 0 atom stereocenters. The van der Waals surface area contributed by atoms with E-state index in [0.29, 0.717) is 18.3 Å². The molecule has 0 aliphatic carbocycles. The Morgan fingerprint density at radius 1 is 1.14 bits per heavy atom. The van der Waals surface area contributed by atoms with Gasteiger partial charge in [0.1, 0.15) is 12.7 Å². The minimum absolute atomic E-state index is 0.252. The van der Waals surface area contributed by atoms with Gasteiger partial charge < -0.3 is 9.64 Å². The number of piperazine rings is 1. The van der Waals surface area contributed by atoms with E-state index in [1.54, 1.807) is 6.20 Å². The number of hydrogen-bond donors (Lipinski definition) is 0. The van der Waals surface area contributed by atoms with Crippen LogP contribution in [-0.2, 0) is 4.74 Å². The van der Waals surface area contributed by atoms with Crippen molar-refractivity contribution in [2.24, 2.45) is 0 Å². The molecular weight excluding hydrogens is 350 g/mol. The zero-order valence-corrected chi connectivity index (χ0v) is 17.1. The van der Waals surface area contributed by atoms with Crippen molar-refractivity contribution in [1.29, 1.82) is 5.26 Å². The lowest BCUT2D eigenvalue weighted by Crippen LogP contribution is -2.48. The fraction of sp³-hybridized carbons (Fsp3) is 0.636.